The molecule has 0 bridgehead atoms. The first-order valence-electron chi connectivity index (χ1n) is 8.72. The molecule has 6 heteroatoms. The maximum Gasteiger partial charge on any atom is 0.248 e. The Morgan fingerprint density at radius 1 is 1.08 bits per heavy atom. The minimum atomic E-state index is -0.423. The molecule has 0 aliphatic rings. The number of carbonyl (C=O) groups excluding carboxylic acids is 1. The zero-order valence-corrected chi connectivity index (χ0v) is 15.9. The third kappa shape index (κ3) is 5.64. The summed E-state index contributed by atoms with van der Waals surface area (Å²) >= 11 is 6.37. The predicted molar refractivity (Wildman–Crippen MR) is 104 cm³/mol. The Kier molecular flexibility index (Phi) is 7.75. The van der Waals surface area contributed by atoms with E-state index in [1.807, 2.05) is 38.1 Å². The van der Waals surface area contributed by atoms with Crippen LogP contribution in [0.3, 0.4) is 0 Å². The average Bonchev–Trinajstić information content (AvgIpc) is 2.62. The number of primary amides is 1. The summed E-state index contributed by atoms with van der Waals surface area (Å²) in [5.41, 5.74) is 7.82. The lowest BCUT2D eigenvalue weighted by Crippen LogP contribution is -2.14. The van der Waals surface area contributed by atoms with Crippen molar-refractivity contribution in [3.05, 3.63) is 58.1 Å². The topological polar surface area (TPSA) is 73.6 Å². The van der Waals surface area contributed by atoms with E-state index < -0.39 is 5.91 Å². The molecule has 0 spiro atoms. The SMILES string of the molecule is CCCOc1c(Cl)cc(CNCc2ccc(C(N)=O)cc2)cc1OCC. The zero-order chi connectivity index (χ0) is 18.9. The highest BCUT2D eigenvalue weighted by Crippen LogP contribution is 2.36. The standard InChI is InChI=1S/C20H25ClN2O3/c1-3-9-26-19-17(21)10-15(11-18(19)25-4-2)13-23-12-14-5-7-16(8-6-14)20(22)24/h5-8,10-11,23H,3-4,9,12-13H2,1-2H3,(H2,22,24). The van der Waals surface area contributed by atoms with Crippen LogP contribution in [-0.4, -0.2) is 19.1 Å². The molecule has 0 saturated heterocycles. The van der Waals surface area contributed by atoms with Gasteiger partial charge in [0.05, 0.1) is 18.2 Å². The lowest BCUT2D eigenvalue weighted by Gasteiger charge is -2.15. The van der Waals surface area contributed by atoms with Crippen molar-refractivity contribution in [1.82, 2.24) is 5.32 Å². The summed E-state index contributed by atoms with van der Waals surface area (Å²) in [7, 11) is 0. The van der Waals surface area contributed by atoms with Crippen LogP contribution >= 0.6 is 11.6 Å². The number of carbonyl (C=O) groups is 1. The van der Waals surface area contributed by atoms with Crippen LogP contribution in [0, 0.1) is 0 Å². The number of hydrogen-bond acceptors (Lipinski definition) is 4. The first-order valence-corrected chi connectivity index (χ1v) is 9.10. The molecule has 5 nitrogen and oxygen atoms in total. The smallest absolute Gasteiger partial charge is 0.248 e. The van der Waals surface area contributed by atoms with Gasteiger partial charge in [0.15, 0.2) is 11.5 Å². The number of hydrogen-bond donors (Lipinski definition) is 2. The van der Waals surface area contributed by atoms with Crippen LogP contribution < -0.4 is 20.5 Å². The Morgan fingerprint density at radius 2 is 1.77 bits per heavy atom. The molecule has 0 aliphatic carbocycles. The van der Waals surface area contributed by atoms with E-state index in [1.165, 1.54) is 0 Å². The summed E-state index contributed by atoms with van der Waals surface area (Å²) in [5, 5.41) is 3.90. The maximum absolute atomic E-state index is 11.1. The molecule has 2 rings (SSSR count). The quantitative estimate of drug-likeness (QED) is 0.659. The Morgan fingerprint density at radius 3 is 2.38 bits per heavy atom. The van der Waals surface area contributed by atoms with E-state index in [0.717, 1.165) is 17.5 Å². The molecule has 0 radical (unpaired) electrons. The molecule has 0 aliphatic heterocycles. The minimum Gasteiger partial charge on any atom is -0.490 e. The molecule has 2 aromatic carbocycles. The molecule has 0 unspecified atom stereocenters. The molecule has 140 valence electrons. The number of benzene rings is 2. The molecule has 3 N–H and O–H groups in total. The van der Waals surface area contributed by atoms with Crippen LogP contribution in [0.1, 0.15) is 41.8 Å². The minimum absolute atomic E-state index is 0.423. The van der Waals surface area contributed by atoms with Crippen LogP contribution in [0.25, 0.3) is 0 Å². The molecular weight excluding hydrogens is 352 g/mol. The van der Waals surface area contributed by atoms with Gasteiger partial charge in [-0.3, -0.25) is 4.79 Å². The van der Waals surface area contributed by atoms with Crippen LogP contribution in [0.15, 0.2) is 36.4 Å². The van der Waals surface area contributed by atoms with Gasteiger partial charge in [0.2, 0.25) is 5.91 Å². The van der Waals surface area contributed by atoms with Crippen molar-refractivity contribution < 1.29 is 14.3 Å². The monoisotopic (exact) mass is 376 g/mol. The molecule has 0 atom stereocenters. The largest absolute Gasteiger partial charge is 0.490 e. The van der Waals surface area contributed by atoms with Gasteiger partial charge in [-0.15, -0.1) is 0 Å². The van der Waals surface area contributed by atoms with Crippen molar-refractivity contribution in [2.75, 3.05) is 13.2 Å². The number of ether oxygens (including phenoxy) is 2. The van der Waals surface area contributed by atoms with Crippen molar-refractivity contribution in [3.63, 3.8) is 0 Å². The van der Waals surface area contributed by atoms with Gasteiger partial charge in [0.1, 0.15) is 0 Å². The van der Waals surface area contributed by atoms with Crippen molar-refractivity contribution in [3.8, 4) is 11.5 Å². The molecule has 0 saturated carbocycles. The van der Waals surface area contributed by atoms with Crippen molar-refractivity contribution >= 4 is 17.5 Å². The van der Waals surface area contributed by atoms with Gasteiger partial charge in [0.25, 0.3) is 0 Å². The van der Waals surface area contributed by atoms with E-state index >= 15 is 0 Å². The third-order valence-corrected chi connectivity index (χ3v) is 4.00. The second-order valence-electron chi connectivity index (χ2n) is 5.85. The van der Waals surface area contributed by atoms with Crippen LogP contribution in [0.4, 0.5) is 0 Å². The summed E-state index contributed by atoms with van der Waals surface area (Å²) in [6.45, 7) is 6.40. The summed E-state index contributed by atoms with van der Waals surface area (Å²) in [4.78, 5) is 11.1. The second kappa shape index (κ2) is 10.0. The van der Waals surface area contributed by atoms with Gasteiger partial charge < -0.3 is 20.5 Å². The third-order valence-electron chi connectivity index (χ3n) is 3.72. The fourth-order valence-corrected chi connectivity index (χ4v) is 2.76. The predicted octanol–water partition coefficient (Wildman–Crippen LogP) is 3.92. The van der Waals surface area contributed by atoms with Gasteiger partial charge in [0, 0.05) is 18.7 Å². The highest BCUT2D eigenvalue weighted by atomic mass is 35.5. The highest BCUT2D eigenvalue weighted by Gasteiger charge is 2.12. The molecule has 26 heavy (non-hydrogen) atoms. The molecular formula is C20H25ClN2O3. The lowest BCUT2D eigenvalue weighted by molar-refractivity contribution is 0.100. The van der Waals surface area contributed by atoms with E-state index in [2.05, 4.69) is 5.32 Å². The first kappa shape index (κ1) is 20.1. The fraction of sp³-hybridized carbons (Fsp3) is 0.350. The number of rotatable bonds is 10. The molecule has 2 aromatic rings. The number of nitrogens with two attached hydrogens (primary N) is 1. The van der Waals surface area contributed by atoms with Crippen LogP contribution in [-0.2, 0) is 13.1 Å². The van der Waals surface area contributed by atoms with E-state index in [1.54, 1.807) is 12.1 Å². The van der Waals surface area contributed by atoms with E-state index in [4.69, 9.17) is 26.8 Å². The zero-order valence-electron chi connectivity index (χ0n) is 15.2. The van der Waals surface area contributed by atoms with E-state index in [9.17, 15) is 4.79 Å². The highest BCUT2D eigenvalue weighted by molar-refractivity contribution is 6.32. The summed E-state index contributed by atoms with van der Waals surface area (Å²) < 4.78 is 11.4. The maximum atomic E-state index is 11.1. The van der Waals surface area contributed by atoms with Gasteiger partial charge in [-0.25, -0.2) is 0 Å². The number of halogens is 1. The second-order valence-corrected chi connectivity index (χ2v) is 6.26. The van der Waals surface area contributed by atoms with Gasteiger partial charge in [-0.2, -0.15) is 0 Å². The van der Waals surface area contributed by atoms with Crippen molar-refractivity contribution in [2.24, 2.45) is 5.73 Å². The average molecular weight is 377 g/mol. The van der Waals surface area contributed by atoms with Crippen molar-refractivity contribution in [2.45, 2.75) is 33.4 Å². The lowest BCUT2D eigenvalue weighted by atomic mass is 10.1. The number of amides is 1. The summed E-state index contributed by atoms with van der Waals surface area (Å²) in [6.07, 6.45) is 0.903. The van der Waals surface area contributed by atoms with Crippen LogP contribution in [0.2, 0.25) is 5.02 Å². The van der Waals surface area contributed by atoms with Crippen molar-refractivity contribution in [1.29, 1.82) is 0 Å². The fourth-order valence-electron chi connectivity index (χ4n) is 2.47. The van der Waals surface area contributed by atoms with Gasteiger partial charge in [-0.1, -0.05) is 30.7 Å². The summed E-state index contributed by atoms with van der Waals surface area (Å²) in [5.74, 6) is 0.838. The van der Waals surface area contributed by atoms with Gasteiger partial charge in [-0.05, 0) is 48.7 Å². The van der Waals surface area contributed by atoms with Gasteiger partial charge >= 0.3 is 0 Å². The molecule has 0 heterocycles. The summed E-state index contributed by atoms with van der Waals surface area (Å²) in [6, 6.07) is 11.1. The van der Waals surface area contributed by atoms with E-state index in [-0.39, 0.29) is 0 Å². The van der Waals surface area contributed by atoms with E-state index in [0.29, 0.717) is 48.4 Å². The Hall–Kier alpha value is -2.24. The molecule has 0 aromatic heterocycles. The Balaban J connectivity index is 2.01. The first-order chi connectivity index (χ1) is 12.5. The Bertz CT molecular complexity index is 733. The molecule has 0 fully saturated rings. The van der Waals surface area contributed by atoms with Crippen LogP contribution in [0.5, 0.6) is 11.5 Å². The normalized spacial score (nSPS) is 10.6. The number of nitrogens with one attached hydrogen (secondary N) is 1. The Labute approximate surface area is 159 Å². The molecule has 1 amide bonds.